The van der Waals surface area contributed by atoms with Gasteiger partial charge in [-0.15, -0.1) is 0 Å². The normalized spacial score (nSPS) is 15.7. The lowest BCUT2D eigenvalue weighted by Crippen LogP contribution is -2.40. The van der Waals surface area contributed by atoms with Crippen LogP contribution in [0.5, 0.6) is 0 Å². The molecule has 0 aromatic rings. The average Bonchev–Trinajstić information content (AvgIpc) is 3.06. The molecule has 9 heteroatoms. The highest BCUT2D eigenvalue weighted by molar-refractivity contribution is 7.89. The van der Waals surface area contributed by atoms with Crippen molar-refractivity contribution in [1.82, 2.24) is 20.3 Å². The van der Waals surface area contributed by atoms with Crippen LogP contribution in [0, 0.1) is 0 Å². The van der Waals surface area contributed by atoms with Gasteiger partial charge in [-0.2, -0.15) is 0 Å². The smallest absolute Gasteiger partial charge is 0.244 e. The topological polar surface area (TPSA) is 103 Å². The van der Waals surface area contributed by atoms with Crippen molar-refractivity contribution in [2.45, 2.75) is 33.1 Å². The SMILES string of the molecule is CCNC(=NCC(=O)N1CCCC1)NCCCNS(=O)(=O)CC. The maximum atomic E-state index is 12.0. The van der Waals surface area contributed by atoms with Crippen LogP contribution in [0.25, 0.3) is 0 Å². The van der Waals surface area contributed by atoms with Gasteiger partial charge in [-0.25, -0.2) is 18.1 Å². The van der Waals surface area contributed by atoms with Gasteiger partial charge in [-0.3, -0.25) is 4.79 Å². The number of nitrogens with zero attached hydrogens (tertiary/aromatic N) is 2. The van der Waals surface area contributed by atoms with Gasteiger partial charge in [0.15, 0.2) is 5.96 Å². The molecule has 1 aliphatic rings. The third-order valence-corrected chi connectivity index (χ3v) is 4.93. The number of carbonyl (C=O) groups is 1. The highest BCUT2D eigenvalue weighted by atomic mass is 32.2. The first kappa shape index (κ1) is 19.7. The first-order valence-electron chi connectivity index (χ1n) is 8.25. The predicted octanol–water partition coefficient (Wildman–Crippen LogP) is -0.507. The van der Waals surface area contributed by atoms with Crippen molar-refractivity contribution >= 4 is 21.9 Å². The molecule has 0 saturated carbocycles. The van der Waals surface area contributed by atoms with Crippen molar-refractivity contribution in [3.8, 4) is 0 Å². The zero-order valence-electron chi connectivity index (χ0n) is 14.1. The van der Waals surface area contributed by atoms with Crippen LogP contribution in [0.1, 0.15) is 33.1 Å². The fraction of sp³-hybridized carbons (Fsp3) is 0.857. The van der Waals surface area contributed by atoms with Crippen molar-refractivity contribution in [1.29, 1.82) is 0 Å². The summed E-state index contributed by atoms with van der Waals surface area (Å²) in [7, 11) is -3.14. The van der Waals surface area contributed by atoms with E-state index in [-0.39, 0.29) is 18.2 Å². The van der Waals surface area contributed by atoms with E-state index < -0.39 is 10.0 Å². The number of hydrogen-bond acceptors (Lipinski definition) is 4. The molecule has 1 amide bonds. The first-order chi connectivity index (χ1) is 11.0. The molecule has 0 aromatic carbocycles. The summed E-state index contributed by atoms with van der Waals surface area (Å²) in [5.74, 6) is 0.720. The van der Waals surface area contributed by atoms with Crippen molar-refractivity contribution < 1.29 is 13.2 Å². The lowest BCUT2D eigenvalue weighted by Gasteiger charge is -2.15. The number of amides is 1. The van der Waals surface area contributed by atoms with Crippen LogP contribution in [0.15, 0.2) is 4.99 Å². The number of aliphatic imine (C=N–C) groups is 1. The molecule has 0 unspecified atom stereocenters. The Kier molecular flexibility index (Phi) is 8.93. The minimum atomic E-state index is -3.14. The number of carbonyl (C=O) groups excluding carboxylic acids is 1. The maximum absolute atomic E-state index is 12.0. The lowest BCUT2D eigenvalue weighted by molar-refractivity contribution is -0.128. The van der Waals surface area contributed by atoms with E-state index in [1.54, 1.807) is 6.92 Å². The first-order valence-corrected chi connectivity index (χ1v) is 9.91. The number of likely N-dealkylation sites (tertiary alicyclic amines) is 1. The second-order valence-electron chi connectivity index (χ2n) is 5.36. The Hall–Kier alpha value is -1.35. The molecule has 1 aliphatic heterocycles. The molecule has 23 heavy (non-hydrogen) atoms. The molecule has 0 spiro atoms. The number of sulfonamides is 1. The third kappa shape index (κ3) is 8.17. The standard InChI is InChI=1S/C14H29N5O3S/c1-3-15-14(16-8-7-9-18-23(21,22)4-2)17-12-13(20)19-10-5-6-11-19/h18H,3-12H2,1-2H3,(H2,15,16,17). The van der Waals surface area contributed by atoms with E-state index in [9.17, 15) is 13.2 Å². The Bertz CT molecular complexity index is 487. The number of hydrogen-bond donors (Lipinski definition) is 3. The second kappa shape index (κ2) is 10.4. The molecule has 0 atom stereocenters. The van der Waals surface area contributed by atoms with E-state index in [4.69, 9.17) is 0 Å². The average molecular weight is 347 g/mol. The van der Waals surface area contributed by atoms with Crippen LogP contribution in [0.3, 0.4) is 0 Å². The summed E-state index contributed by atoms with van der Waals surface area (Å²) in [4.78, 5) is 18.1. The molecule has 0 bridgehead atoms. The molecule has 0 aromatic heterocycles. The van der Waals surface area contributed by atoms with Gasteiger partial charge in [-0.05, 0) is 33.1 Å². The maximum Gasteiger partial charge on any atom is 0.244 e. The molecule has 1 saturated heterocycles. The minimum absolute atomic E-state index is 0.0513. The van der Waals surface area contributed by atoms with E-state index in [1.165, 1.54) is 0 Å². The van der Waals surface area contributed by atoms with Gasteiger partial charge in [0.1, 0.15) is 6.54 Å². The molecule has 1 heterocycles. The summed E-state index contributed by atoms with van der Waals surface area (Å²) in [5.41, 5.74) is 0. The Balaban J connectivity index is 2.30. The Morgan fingerprint density at radius 3 is 2.43 bits per heavy atom. The van der Waals surface area contributed by atoms with Crippen LogP contribution >= 0.6 is 0 Å². The lowest BCUT2D eigenvalue weighted by atomic mass is 10.4. The molecule has 1 rings (SSSR count). The Morgan fingerprint density at radius 1 is 1.13 bits per heavy atom. The van der Waals surface area contributed by atoms with Crippen LogP contribution in [0.2, 0.25) is 0 Å². The van der Waals surface area contributed by atoms with Crippen molar-refractivity contribution in [3.05, 3.63) is 0 Å². The minimum Gasteiger partial charge on any atom is -0.357 e. The molecule has 0 radical (unpaired) electrons. The highest BCUT2D eigenvalue weighted by Crippen LogP contribution is 2.07. The van der Waals surface area contributed by atoms with Gasteiger partial charge in [0.2, 0.25) is 15.9 Å². The number of guanidine groups is 1. The number of nitrogens with one attached hydrogen (secondary N) is 3. The quantitative estimate of drug-likeness (QED) is 0.296. The molecule has 3 N–H and O–H groups in total. The second-order valence-corrected chi connectivity index (χ2v) is 7.46. The van der Waals surface area contributed by atoms with E-state index in [2.05, 4.69) is 20.3 Å². The summed E-state index contributed by atoms with van der Waals surface area (Å²) >= 11 is 0. The fourth-order valence-electron chi connectivity index (χ4n) is 2.18. The van der Waals surface area contributed by atoms with Gasteiger partial charge in [0.05, 0.1) is 5.75 Å². The monoisotopic (exact) mass is 347 g/mol. The zero-order valence-corrected chi connectivity index (χ0v) is 14.9. The van der Waals surface area contributed by atoms with Gasteiger partial charge in [0.25, 0.3) is 0 Å². The largest absolute Gasteiger partial charge is 0.357 e. The molecular weight excluding hydrogens is 318 g/mol. The van der Waals surface area contributed by atoms with Crippen LogP contribution < -0.4 is 15.4 Å². The Morgan fingerprint density at radius 2 is 1.83 bits per heavy atom. The van der Waals surface area contributed by atoms with E-state index >= 15 is 0 Å². The van der Waals surface area contributed by atoms with Crippen molar-refractivity contribution in [2.75, 3.05) is 45.0 Å². The molecule has 0 aliphatic carbocycles. The fourth-order valence-corrected chi connectivity index (χ4v) is 2.84. The molecular formula is C14H29N5O3S. The van der Waals surface area contributed by atoms with Gasteiger partial charge in [0, 0.05) is 32.7 Å². The third-order valence-electron chi connectivity index (χ3n) is 3.52. The van der Waals surface area contributed by atoms with Gasteiger partial charge < -0.3 is 15.5 Å². The van der Waals surface area contributed by atoms with Crippen molar-refractivity contribution in [2.24, 2.45) is 4.99 Å². The summed E-state index contributed by atoms with van der Waals surface area (Å²) < 4.78 is 25.1. The molecule has 8 nitrogen and oxygen atoms in total. The van der Waals surface area contributed by atoms with Crippen molar-refractivity contribution in [3.63, 3.8) is 0 Å². The summed E-state index contributed by atoms with van der Waals surface area (Å²) in [5, 5.41) is 6.18. The van der Waals surface area contributed by atoms with E-state index in [0.29, 0.717) is 32.0 Å². The van der Waals surface area contributed by atoms with E-state index in [1.807, 2.05) is 11.8 Å². The predicted molar refractivity (Wildman–Crippen MR) is 91.9 cm³/mol. The van der Waals surface area contributed by atoms with Crippen LogP contribution in [-0.4, -0.2) is 70.2 Å². The zero-order chi connectivity index (χ0) is 17.1. The van der Waals surface area contributed by atoms with Crippen LogP contribution in [0.4, 0.5) is 0 Å². The number of rotatable bonds is 9. The molecule has 1 fully saturated rings. The summed E-state index contributed by atoms with van der Waals surface area (Å²) in [6.07, 6.45) is 2.78. The van der Waals surface area contributed by atoms with Gasteiger partial charge >= 0.3 is 0 Å². The highest BCUT2D eigenvalue weighted by Gasteiger charge is 2.17. The van der Waals surface area contributed by atoms with Crippen LogP contribution in [-0.2, 0) is 14.8 Å². The van der Waals surface area contributed by atoms with Gasteiger partial charge in [-0.1, -0.05) is 0 Å². The Labute approximate surface area is 139 Å². The summed E-state index contributed by atoms with van der Waals surface area (Å²) in [6, 6.07) is 0. The molecule has 134 valence electrons. The van der Waals surface area contributed by atoms with E-state index in [0.717, 1.165) is 25.9 Å². The summed E-state index contributed by atoms with van der Waals surface area (Å²) in [6.45, 7) is 7.02.